The lowest BCUT2D eigenvalue weighted by Crippen LogP contribution is -2.27. The Balaban J connectivity index is 2.67. The fourth-order valence-electron chi connectivity index (χ4n) is 1.46. The minimum atomic E-state index is -0.399. The van der Waals surface area contributed by atoms with Gasteiger partial charge >= 0.3 is 0 Å². The minimum Gasteiger partial charge on any atom is -0.491 e. The van der Waals surface area contributed by atoms with Gasteiger partial charge in [-0.3, -0.25) is 10.1 Å². The van der Waals surface area contributed by atoms with Gasteiger partial charge in [0.15, 0.2) is 0 Å². The van der Waals surface area contributed by atoms with Crippen LogP contribution in [0, 0.1) is 17.0 Å². The van der Waals surface area contributed by atoms with E-state index in [1.807, 2.05) is 0 Å². The van der Waals surface area contributed by atoms with E-state index in [1.165, 1.54) is 6.07 Å². The summed E-state index contributed by atoms with van der Waals surface area (Å²) in [6.07, 6.45) is 0. The first-order valence-electron chi connectivity index (χ1n) is 5.72. The summed E-state index contributed by atoms with van der Waals surface area (Å²) in [4.78, 5) is 10.4. The van der Waals surface area contributed by atoms with Crippen LogP contribution in [-0.2, 0) is 0 Å². The fraction of sp³-hybridized carbons (Fsp3) is 0.500. The lowest BCUT2D eigenvalue weighted by atomic mass is 10.2. The van der Waals surface area contributed by atoms with Gasteiger partial charge in [0.05, 0.1) is 9.40 Å². The first kappa shape index (κ1) is 14.9. The monoisotopic (exact) mass is 316 g/mol. The Bertz CT molecular complexity index is 436. The zero-order valence-corrected chi connectivity index (χ0v) is 12.3. The van der Waals surface area contributed by atoms with Crippen LogP contribution in [0.2, 0.25) is 0 Å². The van der Waals surface area contributed by atoms with E-state index in [-0.39, 0.29) is 5.69 Å². The molecule has 0 aliphatic heterocycles. The molecule has 1 aromatic rings. The number of benzene rings is 1. The molecule has 0 unspecified atom stereocenters. The number of halogens is 1. The van der Waals surface area contributed by atoms with Gasteiger partial charge in [-0.2, -0.15) is 0 Å². The Labute approximate surface area is 115 Å². The van der Waals surface area contributed by atoms with Gasteiger partial charge in [0.25, 0.3) is 5.69 Å². The smallest absolute Gasteiger partial charge is 0.273 e. The Morgan fingerprint density at radius 1 is 1.50 bits per heavy atom. The number of nitrogens with one attached hydrogen (secondary N) is 1. The van der Waals surface area contributed by atoms with Gasteiger partial charge < -0.3 is 10.1 Å². The maximum absolute atomic E-state index is 10.8. The van der Waals surface area contributed by atoms with Gasteiger partial charge in [-0.15, -0.1) is 0 Å². The highest BCUT2D eigenvalue weighted by atomic mass is 79.9. The molecule has 0 aliphatic carbocycles. The molecule has 0 saturated heterocycles. The molecule has 0 heterocycles. The summed E-state index contributed by atoms with van der Waals surface area (Å²) in [5.74, 6) is 0.628. The Kier molecular flexibility index (Phi) is 5.55. The topological polar surface area (TPSA) is 64.4 Å². The predicted molar refractivity (Wildman–Crippen MR) is 74.2 cm³/mol. The van der Waals surface area contributed by atoms with E-state index in [9.17, 15) is 10.1 Å². The van der Waals surface area contributed by atoms with Crippen molar-refractivity contribution in [3.63, 3.8) is 0 Å². The second-order valence-corrected chi connectivity index (χ2v) is 5.14. The van der Waals surface area contributed by atoms with Crippen LogP contribution in [-0.4, -0.2) is 24.1 Å². The van der Waals surface area contributed by atoms with Crippen molar-refractivity contribution in [1.82, 2.24) is 5.32 Å². The first-order chi connectivity index (χ1) is 8.41. The van der Waals surface area contributed by atoms with Gasteiger partial charge in [-0.25, -0.2) is 0 Å². The highest BCUT2D eigenvalue weighted by molar-refractivity contribution is 9.10. The van der Waals surface area contributed by atoms with Gasteiger partial charge in [0.2, 0.25) is 0 Å². The molecule has 0 bridgehead atoms. The summed E-state index contributed by atoms with van der Waals surface area (Å²) < 4.78 is 6.17. The lowest BCUT2D eigenvalue weighted by molar-refractivity contribution is -0.385. The molecule has 6 heteroatoms. The summed E-state index contributed by atoms with van der Waals surface area (Å²) in [5.41, 5.74) is 0.685. The summed E-state index contributed by atoms with van der Waals surface area (Å²) in [6.45, 7) is 7.08. The van der Waals surface area contributed by atoms with E-state index < -0.39 is 4.92 Å². The molecule has 5 nitrogen and oxygen atoms in total. The summed E-state index contributed by atoms with van der Waals surface area (Å²) in [7, 11) is 0. The quantitative estimate of drug-likeness (QED) is 0.497. The van der Waals surface area contributed by atoms with Crippen molar-refractivity contribution < 1.29 is 9.66 Å². The maximum atomic E-state index is 10.8. The average molecular weight is 317 g/mol. The third-order valence-electron chi connectivity index (χ3n) is 2.36. The lowest BCUT2D eigenvalue weighted by Gasteiger charge is -2.11. The van der Waals surface area contributed by atoms with Crippen LogP contribution in [0.4, 0.5) is 5.69 Å². The van der Waals surface area contributed by atoms with Gasteiger partial charge in [0, 0.05) is 24.2 Å². The first-order valence-corrected chi connectivity index (χ1v) is 6.52. The molecule has 1 rings (SSSR count). The second kappa shape index (κ2) is 6.70. The van der Waals surface area contributed by atoms with Crippen molar-refractivity contribution in [2.24, 2.45) is 0 Å². The van der Waals surface area contributed by atoms with Gasteiger partial charge in [0.1, 0.15) is 12.4 Å². The number of nitro benzene ring substituents is 1. The maximum Gasteiger partial charge on any atom is 0.273 e. The summed E-state index contributed by atoms with van der Waals surface area (Å²) in [5, 5.41) is 14.0. The van der Waals surface area contributed by atoms with E-state index in [0.717, 1.165) is 6.54 Å². The van der Waals surface area contributed by atoms with Crippen molar-refractivity contribution in [3.05, 3.63) is 32.3 Å². The summed E-state index contributed by atoms with van der Waals surface area (Å²) >= 11 is 3.28. The Morgan fingerprint density at radius 3 is 2.72 bits per heavy atom. The van der Waals surface area contributed by atoms with Gasteiger partial charge in [-0.1, -0.05) is 13.8 Å². The number of rotatable bonds is 6. The molecule has 0 radical (unpaired) electrons. The van der Waals surface area contributed by atoms with Crippen molar-refractivity contribution >= 4 is 21.6 Å². The van der Waals surface area contributed by atoms with Crippen LogP contribution in [0.25, 0.3) is 0 Å². The minimum absolute atomic E-state index is 0.0922. The molecule has 0 aliphatic rings. The molecule has 1 N–H and O–H groups in total. The van der Waals surface area contributed by atoms with Crippen LogP contribution in [0.3, 0.4) is 0 Å². The number of hydrogen-bond acceptors (Lipinski definition) is 4. The molecular formula is C12H17BrN2O3. The SMILES string of the molecule is Cc1cc(OCCNC(C)C)c(Br)cc1[N+](=O)[O-]. The van der Waals surface area contributed by atoms with Crippen LogP contribution in [0.15, 0.2) is 16.6 Å². The normalized spacial score (nSPS) is 10.7. The predicted octanol–water partition coefficient (Wildman–Crippen LogP) is 3.04. The number of ether oxygens (including phenoxy) is 1. The highest BCUT2D eigenvalue weighted by Gasteiger charge is 2.14. The summed E-state index contributed by atoms with van der Waals surface area (Å²) in [6, 6.07) is 3.56. The Morgan fingerprint density at radius 2 is 2.17 bits per heavy atom. The van der Waals surface area contributed by atoms with Crippen LogP contribution in [0.1, 0.15) is 19.4 Å². The number of hydrogen-bond donors (Lipinski definition) is 1. The average Bonchev–Trinajstić information content (AvgIpc) is 2.27. The third kappa shape index (κ3) is 4.27. The number of aryl methyl sites for hydroxylation is 1. The van der Waals surface area contributed by atoms with E-state index in [4.69, 9.17) is 4.74 Å². The number of nitrogens with zero attached hydrogens (tertiary/aromatic N) is 1. The van der Waals surface area contributed by atoms with Crippen molar-refractivity contribution in [3.8, 4) is 5.75 Å². The van der Waals surface area contributed by atoms with Crippen molar-refractivity contribution in [1.29, 1.82) is 0 Å². The Hall–Kier alpha value is -1.14. The molecule has 0 fully saturated rings. The highest BCUT2D eigenvalue weighted by Crippen LogP contribution is 2.32. The van der Waals surface area contributed by atoms with Crippen molar-refractivity contribution in [2.45, 2.75) is 26.8 Å². The second-order valence-electron chi connectivity index (χ2n) is 4.28. The molecular weight excluding hydrogens is 300 g/mol. The molecule has 0 spiro atoms. The van der Waals surface area contributed by atoms with Crippen molar-refractivity contribution in [2.75, 3.05) is 13.2 Å². The molecule has 0 atom stereocenters. The molecule has 1 aromatic carbocycles. The molecule has 18 heavy (non-hydrogen) atoms. The molecule has 100 valence electrons. The third-order valence-corrected chi connectivity index (χ3v) is 2.98. The van der Waals surface area contributed by atoms with E-state index in [1.54, 1.807) is 13.0 Å². The van der Waals surface area contributed by atoms with Crippen LogP contribution < -0.4 is 10.1 Å². The molecule has 0 saturated carbocycles. The zero-order valence-electron chi connectivity index (χ0n) is 10.7. The molecule has 0 amide bonds. The fourth-order valence-corrected chi connectivity index (χ4v) is 1.91. The van der Waals surface area contributed by atoms with Crippen LogP contribution in [0.5, 0.6) is 5.75 Å². The molecule has 0 aromatic heterocycles. The van der Waals surface area contributed by atoms with E-state index in [0.29, 0.717) is 28.4 Å². The largest absolute Gasteiger partial charge is 0.491 e. The van der Waals surface area contributed by atoms with Crippen LogP contribution >= 0.6 is 15.9 Å². The van der Waals surface area contributed by atoms with Gasteiger partial charge in [-0.05, 0) is 28.9 Å². The number of nitro groups is 1. The standard InChI is InChI=1S/C12H17BrN2O3/c1-8(2)14-4-5-18-12-6-9(3)11(15(16)17)7-10(12)13/h6-8,14H,4-5H2,1-3H3. The zero-order chi connectivity index (χ0) is 13.7. The van der Waals surface area contributed by atoms with E-state index in [2.05, 4.69) is 35.1 Å². The van der Waals surface area contributed by atoms with E-state index >= 15 is 0 Å².